The van der Waals surface area contributed by atoms with Gasteiger partial charge in [-0.1, -0.05) is 12.1 Å². The van der Waals surface area contributed by atoms with E-state index in [0.717, 1.165) is 18.1 Å². The minimum atomic E-state index is 0.471. The lowest BCUT2D eigenvalue weighted by atomic mass is 10.1. The van der Waals surface area contributed by atoms with Gasteiger partial charge in [-0.15, -0.1) is 0 Å². The molecule has 1 heterocycles. The Morgan fingerprint density at radius 3 is 2.73 bits per heavy atom. The van der Waals surface area contributed by atoms with E-state index in [0.29, 0.717) is 5.41 Å². The van der Waals surface area contributed by atoms with Gasteiger partial charge in [0.2, 0.25) is 5.89 Å². The lowest BCUT2D eigenvalue weighted by Crippen LogP contribution is -1.98. The van der Waals surface area contributed by atoms with Crippen LogP contribution in [0.25, 0.3) is 0 Å². The minimum absolute atomic E-state index is 0.471. The van der Waals surface area contributed by atoms with Crippen molar-refractivity contribution >= 4 is 0 Å². The van der Waals surface area contributed by atoms with Crippen molar-refractivity contribution in [2.45, 2.75) is 33.1 Å². The average Bonchev–Trinajstić information content (AvgIpc) is 2.49. The van der Waals surface area contributed by atoms with Crippen LogP contribution in [0.2, 0.25) is 0 Å². The fourth-order valence-electron chi connectivity index (χ4n) is 1.17. The first-order chi connectivity index (χ1) is 5.18. The maximum atomic E-state index is 5.02. The van der Waals surface area contributed by atoms with Crippen LogP contribution in [0.1, 0.15) is 31.5 Å². The Hall–Kier alpha value is -0.860. The van der Waals surface area contributed by atoms with Crippen LogP contribution in [-0.2, 0) is 6.42 Å². The number of nitrogens with zero attached hydrogens (tertiary/aromatic N) is 2. The van der Waals surface area contributed by atoms with Crippen molar-refractivity contribution in [3.63, 3.8) is 0 Å². The molecule has 2 rings (SSSR count). The number of hydrogen-bond donors (Lipinski definition) is 0. The highest BCUT2D eigenvalue weighted by Gasteiger charge is 2.38. The highest BCUT2D eigenvalue weighted by Crippen LogP contribution is 2.47. The molecular weight excluding hydrogens is 140 g/mol. The van der Waals surface area contributed by atoms with Crippen LogP contribution >= 0.6 is 0 Å². The predicted molar refractivity (Wildman–Crippen MR) is 40.1 cm³/mol. The minimum Gasteiger partial charge on any atom is -0.339 e. The molecular formula is C8H12N2O. The Labute approximate surface area is 65.8 Å². The van der Waals surface area contributed by atoms with Gasteiger partial charge in [-0.25, -0.2) is 0 Å². The molecule has 0 aliphatic heterocycles. The first-order valence-electron chi connectivity index (χ1n) is 3.97. The molecule has 0 aromatic carbocycles. The Morgan fingerprint density at radius 2 is 2.27 bits per heavy atom. The second-order valence-corrected chi connectivity index (χ2v) is 3.72. The largest absolute Gasteiger partial charge is 0.339 e. The first kappa shape index (κ1) is 6.83. The Bertz CT molecular complexity index is 263. The van der Waals surface area contributed by atoms with Crippen molar-refractivity contribution in [1.82, 2.24) is 10.1 Å². The van der Waals surface area contributed by atoms with Crippen molar-refractivity contribution in [1.29, 1.82) is 0 Å². The highest BCUT2D eigenvalue weighted by molar-refractivity contribution is 4.97. The normalized spacial score (nSPS) is 20.2. The van der Waals surface area contributed by atoms with Gasteiger partial charge in [-0.2, -0.15) is 4.98 Å². The quantitative estimate of drug-likeness (QED) is 0.647. The van der Waals surface area contributed by atoms with Gasteiger partial charge in [0.15, 0.2) is 5.82 Å². The van der Waals surface area contributed by atoms with Crippen LogP contribution in [0.15, 0.2) is 4.52 Å². The van der Waals surface area contributed by atoms with Crippen LogP contribution in [-0.4, -0.2) is 10.1 Å². The lowest BCUT2D eigenvalue weighted by Gasteiger charge is -2.00. The highest BCUT2D eigenvalue weighted by atomic mass is 16.5. The second-order valence-electron chi connectivity index (χ2n) is 3.72. The molecule has 1 saturated carbocycles. The molecule has 1 fully saturated rings. The molecule has 3 heteroatoms. The summed E-state index contributed by atoms with van der Waals surface area (Å²) in [5, 5.41) is 3.74. The summed E-state index contributed by atoms with van der Waals surface area (Å²) in [6.07, 6.45) is 3.55. The van der Waals surface area contributed by atoms with Crippen molar-refractivity contribution in [3.8, 4) is 0 Å². The standard InChI is InChI=1S/C8H12N2O/c1-6-9-7(11-10-6)5-8(2)3-4-8/h3-5H2,1-2H3. The molecule has 0 unspecified atom stereocenters. The summed E-state index contributed by atoms with van der Waals surface area (Å²) in [5.41, 5.74) is 0.471. The summed E-state index contributed by atoms with van der Waals surface area (Å²) < 4.78 is 5.02. The Kier molecular flexibility index (Phi) is 1.28. The van der Waals surface area contributed by atoms with Gasteiger partial charge in [-0.3, -0.25) is 0 Å². The van der Waals surface area contributed by atoms with Crippen LogP contribution in [0, 0.1) is 12.3 Å². The molecule has 0 bridgehead atoms. The molecule has 0 amide bonds. The zero-order valence-electron chi connectivity index (χ0n) is 6.92. The monoisotopic (exact) mass is 152 g/mol. The van der Waals surface area contributed by atoms with Gasteiger partial charge >= 0.3 is 0 Å². The van der Waals surface area contributed by atoms with Crippen molar-refractivity contribution in [2.75, 3.05) is 0 Å². The summed E-state index contributed by atoms with van der Waals surface area (Å²) in [6.45, 7) is 4.11. The molecule has 1 aromatic heterocycles. The third kappa shape index (κ3) is 1.42. The molecule has 1 aromatic rings. The fourth-order valence-corrected chi connectivity index (χ4v) is 1.17. The molecule has 0 spiro atoms. The molecule has 0 N–H and O–H groups in total. The lowest BCUT2D eigenvalue weighted by molar-refractivity contribution is 0.350. The third-order valence-corrected chi connectivity index (χ3v) is 2.25. The van der Waals surface area contributed by atoms with Gasteiger partial charge in [0.25, 0.3) is 0 Å². The zero-order valence-corrected chi connectivity index (χ0v) is 6.92. The van der Waals surface area contributed by atoms with Gasteiger partial charge in [-0.05, 0) is 25.2 Å². The molecule has 1 aliphatic carbocycles. The van der Waals surface area contributed by atoms with E-state index in [1.165, 1.54) is 12.8 Å². The van der Waals surface area contributed by atoms with Gasteiger partial charge in [0.05, 0.1) is 0 Å². The van der Waals surface area contributed by atoms with E-state index in [1.54, 1.807) is 0 Å². The van der Waals surface area contributed by atoms with Crippen molar-refractivity contribution in [3.05, 3.63) is 11.7 Å². The van der Waals surface area contributed by atoms with Gasteiger partial charge in [0, 0.05) is 6.42 Å². The maximum Gasteiger partial charge on any atom is 0.227 e. The molecule has 11 heavy (non-hydrogen) atoms. The Balaban J connectivity index is 2.06. The predicted octanol–water partition coefficient (Wildman–Crippen LogP) is 1.72. The number of aryl methyl sites for hydroxylation is 1. The summed E-state index contributed by atoms with van der Waals surface area (Å²) in [6, 6.07) is 0. The van der Waals surface area contributed by atoms with E-state index >= 15 is 0 Å². The summed E-state index contributed by atoms with van der Waals surface area (Å²) >= 11 is 0. The van der Waals surface area contributed by atoms with E-state index in [2.05, 4.69) is 17.1 Å². The molecule has 1 aliphatic rings. The van der Waals surface area contributed by atoms with Crippen molar-refractivity contribution in [2.24, 2.45) is 5.41 Å². The average molecular weight is 152 g/mol. The zero-order chi connectivity index (χ0) is 7.90. The third-order valence-electron chi connectivity index (χ3n) is 2.25. The van der Waals surface area contributed by atoms with Crippen LogP contribution in [0.3, 0.4) is 0 Å². The molecule has 0 atom stereocenters. The Morgan fingerprint density at radius 1 is 1.55 bits per heavy atom. The van der Waals surface area contributed by atoms with E-state index in [1.807, 2.05) is 6.92 Å². The number of aromatic nitrogens is 2. The van der Waals surface area contributed by atoms with E-state index < -0.39 is 0 Å². The summed E-state index contributed by atoms with van der Waals surface area (Å²) in [7, 11) is 0. The fraction of sp³-hybridized carbons (Fsp3) is 0.750. The molecule has 60 valence electrons. The van der Waals surface area contributed by atoms with Crippen molar-refractivity contribution < 1.29 is 4.52 Å². The number of hydrogen-bond acceptors (Lipinski definition) is 3. The van der Waals surface area contributed by atoms with Crippen LogP contribution in [0.5, 0.6) is 0 Å². The smallest absolute Gasteiger partial charge is 0.227 e. The van der Waals surface area contributed by atoms with Crippen LogP contribution < -0.4 is 0 Å². The first-order valence-corrected chi connectivity index (χ1v) is 3.97. The summed E-state index contributed by atoms with van der Waals surface area (Å²) in [4.78, 5) is 4.16. The van der Waals surface area contributed by atoms with Gasteiger partial charge < -0.3 is 4.52 Å². The number of rotatable bonds is 2. The maximum absolute atomic E-state index is 5.02. The van der Waals surface area contributed by atoms with Gasteiger partial charge in [0.1, 0.15) is 0 Å². The topological polar surface area (TPSA) is 38.9 Å². The summed E-state index contributed by atoms with van der Waals surface area (Å²) in [5.74, 6) is 1.53. The molecule has 0 saturated heterocycles. The second kappa shape index (κ2) is 2.06. The van der Waals surface area contributed by atoms with E-state index in [4.69, 9.17) is 4.52 Å². The molecule has 0 radical (unpaired) electrons. The van der Waals surface area contributed by atoms with Crippen LogP contribution in [0.4, 0.5) is 0 Å². The van der Waals surface area contributed by atoms with E-state index in [-0.39, 0.29) is 0 Å². The van der Waals surface area contributed by atoms with E-state index in [9.17, 15) is 0 Å². The SMILES string of the molecule is Cc1noc(CC2(C)CC2)n1. The molecule has 3 nitrogen and oxygen atoms in total.